The van der Waals surface area contributed by atoms with E-state index in [0.29, 0.717) is 42.6 Å². The van der Waals surface area contributed by atoms with Crippen LogP contribution in [-0.4, -0.2) is 62.0 Å². The maximum absolute atomic E-state index is 13.8. The van der Waals surface area contributed by atoms with Gasteiger partial charge >= 0.3 is 0 Å². The molecule has 2 fully saturated rings. The Kier molecular flexibility index (Phi) is 6.40. The average molecular weight is 506 g/mol. The van der Waals surface area contributed by atoms with E-state index in [2.05, 4.69) is 37.0 Å². The second kappa shape index (κ2) is 9.30. The molecule has 4 heterocycles. The van der Waals surface area contributed by atoms with Crippen molar-refractivity contribution in [1.29, 1.82) is 0 Å². The quantitative estimate of drug-likeness (QED) is 0.501. The molecule has 37 heavy (non-hydrogen) atoms. The number of pyridine rings is 1. The number of nitrogens with one attached hydrogen (secondary N) is 1. The first-order valence-corrected chi connectivity index (χ1v) is 13.5. The molecule has 1 aliphatic carbocycles. The van der Waals surface area contributed by atoms with Gasteiger partial charge in [-0.1, -0.05) is 40.0 Å². The fraction of sp³-hybridized carbons (Fsp3) is 0.586. The van der Waals surface area contributed by atoms with Crippen LogP contribution in [0.2, 0.25) is 0 Å². The average Bonchev–Trinajstić information content (AvgIpc) is 3.48. The van der Waals surface area contributed by atoms with Gasteiger partial charge in [0.1, 0.15) is 11.2 Å². The second-order valence-corrected chi connectivity index (χ2v) is 12.4. The van der Waals surface area contributed by atoms with Crippen LogP contribution in [0.15, 0.2) is 22.6 Å². The molecular formula is C29H39N5O3. The van der Waals surface area contributed by atoms with E-state index in [4.69, 9.17) is 9.40 Å². The van der Waals surface area contributed by atoms with Crippen LogP contribution in [0.4, 0.5) is 0 Å². The zero-order valence-electron chi connectivity index (χ0n) is 23.0. The van der Waals surface area contributed by atoms with Crippen molar-refractivity contribution < 1.29 is 14.0 Å². The topological polar surface area (TPSA) is 95.3 Å². The molecule has 2 amide bonds. The maximum Gasteiger partial charge on any atom is 0.290 e. The van der Waals surface area contributed by atoms with Crippen LogP contribution in [0.1, 0.15) is 111 Å². The maximum atomic E-state index is 13.8. The Morgan fingerprint density at radius 3 is 2.41 bits per heavy atom. The number of carbonyl (C=O) groups excluding carboxylic acids is 2. The number of rotatable bonds is 3. The molecule has 1 aliphatic heterocycles. The van der Waals surface area contributed by atoms with E-state index >= 15 is 0 Å². The minimum Gasteiger partial charge on any atom is -0.449 e. The van der Waals surface area contributed by atoms with Crippen molar-refractivity contribution in [2.75, 3.05) is 19.6 Å². The summed E-state index contributed by atoms with van der Waals surface area (Å²) in [6.07, 6.45) is 6.12. The lowest BCUT2D eigenvalue weighted by atomic mass is 9.82. The molecule has 3 aromatic rings. The molecule has 0 aromatic carbocycles. The predicted octanol–water partition coefficient (Wildman–Crippen LogP) is 5.58. The third-order valence-electron chi connectivity index (χ3n) is 7.91. The molecule has 1 saturated carbocycles. The lowest BCUT2D eigenvalue weighted by Gasteiger charge is -2.46. The number of hydrogen-bond donors (Lipinski definition) is 1. The molecule has 0 atom stereocenters. The van der Waals surface area contributed by atoms with Crippen molar-refractivity contribution in [3.63, 3.8) is 0 Å². The summed E-state index contributed by atoms with van der Waals surface area (Å²) < 4.78 is 6.28. The van der Waals surface area contributed by atoms with Gasteiger partial charge in [-0.05, 0) is 51.2 Å². The second-order valence-electron chi connectivity index (χ2n) is 12.4. The minimum atomic E-state index is -0.563. The van der Waals surface area contributed by atoms with Crippen molar-refractivity contribution in [1.82, 2.24) is 25.0 Å². The largest absolute Gasteiger partial charge is 0.449 e. The Balaban J connectivity index is 1.42. The van der Waals surface area contributed by atoms with Crippen molar-refractivity contribution >= 4 is 22.9 Å². The highest BCUT2D eigenvalue weighted by atomic mass is 16.3. The molecule has 5 rings (SSSR count). The van der Waals surface area contributed by atoms with Gasteiger partial charge in [-0.15, -0.1) is 0 Å². The van der Waals surface area contributed by atoms with Gasteiger partial charge in [0.25, 0.3) is 11.8 Å². The number of aromatic amines is 1. The summed E-state index contributed by atoms with van der Waals surface area (Å²) in [5.74, 6) is 0.521. The van der Waals surface area contributed by atoms with E-state index in [9.17, 15) is 9.59 Å². The predicted molar refractivity (Wildman–Crippen MR) is 143 cm³/mol. The van der Waals surface area contributed by atoms with Crippen LogP contribution in [0.5, 0.6) is 0 Å². The van der Waals surface area contributed by atoms with Crippen LogP contribution >= 0.6 is 0 Å². The molecule has 0 spiro atoms. The molecule has 0 unspecified atom stereocenters. The zero-order chi connectivity index (χ0) is 26.5. The van der Waals surface area contributed by atoms with Crippen molar-refractivity contribution in [2.24, 2.45) is 0 Å². The summed E-state index contributed by atoms with van der Waals surface area (Å²) in [6, 6.07) is 5.78. The molecule has 2 aliphatic rings. The Bertz CT molecular complexity index is 1320. The smallest absolute Gasteiger partial charge is 0.290 e. The molecule has 8 heteroatoms. The van der Waals surface area contributed by atoms with Gasteiger partial charge in [0, 0.05) is 42.9 Å². The van der Waals surface area contributed by atoms with E-state index in [-0.39, 0.29) is 17.2 Å². The van der Waals surface area contributed by atoms with Crippen LogP contribution in [0.3, 0.4) is 0 Å². The number of nitrogens with zero attached hydrogens (tertiary/aromatic N) is 4. The number of carbonyl (C=O) groups is 2. The third kappa shape index (κ3) is 4.90. The van der Waals surface area contributed by atoms with Gasteiger partial charge in [0.15, 0.2) is 11.3 Å². The number of furan rings is 1. The van der Waals surface area contributed by atoms with Gasteiger partial charge < -0.3 is 14.2 Å². The lowest BCUT2D eigenvalue weighted by molar-refractivity contribution is 0.0148. The summed E-state index contributed by atoms with van der Waals surface area (Å²) in [7, 11) is 0. The Hall–Kier alpha value is -3.16. The van der Waals surface area contributed by atoms with E-state index in [1.165, 1.54) is 32.1 Å². The summed E-state index contributed by atoms with van der Waals surface area (Å²) in [5, 5.41) is 6.88. The number of amides is 2. The molecular weight excluding hydrogens is 466 g/mol. The summed E-state index contributed by atoms with van der Waals surface area (Å²) >= 11 is 0. The molecule has 198 valence electrons. The third-order valence-corrected chi connectivity index (χ3v) is 7.91. The minimum absolute atomic E-state index is 0.0984. The summed E-state index contributed by atoms with van der Waals surface area (Å²) in [4.78, 5) is 35.4. The Morgan fingerprint density at radius 2 is 1.78 bits per heavy atom. The van der Waals surface area contributed by atoms with E-state index in [1.54, 1.807) is 11.0 Å². The van der Waals surface area contributed by atoms with E-state index in [1.807, 2.05) is 31.7 Å². The Morgan fingerprint density at radius 1 is 1.05 bits per heavy atom. The standard InChI is InChI=1S/C29H39N5O3/c1-18-14-23(32-31-18)26(35)33-12-13-34(29(5,6)17-33)27(36)24-16-22-25(37-24)20(28(2,3)4)15-21(30-22)19-10-8-7-9-11-19/h14-16,19H,7-13,17H2,1-6H3,(H,31,32). The normalized spacial score (nSPS) is 19.0. The van der Waals surface area contributed by atoms with E-state index in [0.717, 1.165) is 22.5 Å². The molecule has 0 bridgehead atoms. The number of aryl methyl sites for hydroxylation is 1. The lowest BCUT2D eigenvalue weighted by Crippen LogP contribution is -2.62. The first-order valence-electron chi connectivity index (χ1n) is 13.5. The van der Waals surface area contributed by atoms with Crippen molar-refractivity contribution in [3.8, 4) is 0 Å². The van der Waals surface area contributed by atoms with Gasteiger partial charge in [0.2, 0.25) is 0 Å². The van der Waals surface area contributed by atoms with E-state index < -0.39 is 5.54 Å². The highest BCUT2D eigenvalue weighted by Crippen LogP contribution is 2.38. The fourth-order valence-electron chi connectivity index (χ4n) is 5.85. The van der Waals surface area contributed by atoms with Gasteiger partial charge in [-0.3, -0.25) is 14.7 Å². The molecule has 0 radical (unpaired) electrons. The highest BCUT2D eigenvalue weighted by Gasteiger charge is 2.40. The monoisotopic (exact) mass is 505 g/mol. The SMILES string of the molecule is Cc1cc(C(=O)N2CCN(C(=O)c3cc4nc(C5CCCCC5)cc(C(C)(C)C)c4o3)C(C)(C)C2)[nH]n1. The van der Waals surface area contributed by atoms with Crippen LogP contribution in [0, 0.1) is 6.92 Å². The first-order chi connectivity index (χ1) is 17.4. The van der Waals surface area contributed by atoms with Gasteiger partial charge in [-0.25, -0.2) is 4.98 Å². The number of hydrogen-bond acceptors (Lipinski definition) is 5. The van der Waals surface area contributed by atoms with Crippen LogP contribution < -0.4 is 0 Å². The summed E-state index contributed by atoms with van der Waals surface area (Å²) in [6.45, 7) is 13.7. The molecule has 8 nitrogen and oxygen atoms in total. The van der Waals surface area contributed by atoms with Crippen molar-refractivity contribution in [3.05, 3.63) is 46.6 Å². The van der Waals surface area contributed by atoms with Crippen LogP contribution in [0.25, 0.3) is 11.1 Å². The van der Waals surface area contributed by atoms with Gasteiger partial charge in [-0.2, -0.15) is 5.10 Å². The number of H-pyrrole nitrogens is 1. The molecule has 3 aromatic heterocycles. The van der Waals surface area contributed by atoms with Crippen LogP contribution in [-0.2, 0) is 5.41 Å². The Labute approximate surface area is 218 Å². The first kappa shape index (κ1) is 25.5. The van der Waals surface area contributed by atoms with Crippen molar-refractivity contribution in [2.45, 2.75) is 90.5 Å². The van der Waals surface area contributed by atoms with Gasteiger partial charge in [0.05, 0.1) is 11.2 Å². The molecule has 1 saturated heterocycles. The highest BCUT2D eigenvalue weighted by molar-refractivity contribution is 5.97. The fourth-order valence-corrected chi connectivity index (χ4v) is 5.85. The zero-order valence-corrected chi connectivity index (χ0v) is 23.0. The number of piperazine rings is 1. The molecule has 1 N–H and O–H groups in total. The summed E-state index contributed by atoms with van der Waals surface area (Å²) in [5.41, 5.74) is 4.23. The number of aromatic nitrogens is 3. The number of fused-ring (bicyclic) bond motifs is 1.